The highest BCUT2D eigenvalue weighted by atomic mass is 16.3. The molecule has 1 N–H and O–H groups in total. The Morgan fingerprint density at radius 3 is 2.78 bits per heavy atom. The Bertz CT molecular complexity index is 757. The van der Waals surface area contributed by atoms with Gasteiger partial charge in [0.2, 0.25) is 0 Å². The van der Waals surface area contributed by atoms with E-state index in [1.165, 1.54) is 25.7 Å². The van der Waals surface area contributed by atoms with E-state index in [-0.39, 0.29) is 0 Å². The summed E-state index contributed by atoms with van der Waals surface area (Å²) in [6.07, 6.45) is 9.70. The van der Waals surface area contributed by atoms with E-state index in [9.17, 15) is 0 Å². The van der Waals surface area contributed by atoms with Crippen LogP contribution in [0.1, 0.15) is 44.1 Å². The lowest BCUT2D eigenvalue weighted by molar-refractivity contribution is 0.495. The zero-order valence-electron chi connectivity index (χ0n) is 13.8. The van der Waals surface area contributed by atoms with Crippen molar-refractivity contribution in [1.82, 2.24) is 15.2 Å². The molecule has 0 amide bonds. The first-order chi connectivity index (χ1) is 11.3. The van der Waals surface area contributed by atoms with Crippen molar-refractivity contribution in [3.8, 4) is 22.5 Å². The van der Waals surface area contributed by atoms with Gasteiger partial charge in [0.1, 0.15) is 5.76 Å². The van der Waals surface area contributed by atoms with Gasteiger partial charge >= 0.3 is 0 Å². The van der Waals surface area contributed by atoms with Gasteiger partial charge in [-0.25, -0.2) is 0 Å². The number of aromatic nitrogens is 3. The Labute approximate surface area is 137 Å². The second kappa shape index (κ2) is 7.27. The van der Waals surface area contributed by atoms with Crippen LogP contribution in [0.4, 0.5) is 0 Å². The van der Waals surface area contributed by atoms with Crippen molar-refractivity contribution in [1.29, 1.82) is 0 Å². The highest BCUT2D eigenvalue weighted by Gasteiger charge is 2.08. The molecule has 0 atom stereocenters. The second-order valence-electron chi connectivity index (χ2n) is 5.97. The number of nitrogens with zero attached hydrogens (tertiary/aromatic N) is 2. The number of hydrogen-bond donors (Lipinski definition) is 1. The van der Waals surface area contributed by atoms with Gasteiger partial charge in [0.25, 0.3) is 0 Å². The van der Waals surface area contributed by atoms with E-state index in [1.807, 2.05) is 31.5 Å². The fourth-order valence-electron chi connectivity index (χ4n) is 2.70. The molecule has 0 saturated heterocycles. The predicted molar refractivity (Wildman–Crippen MR) is 92.1 cm³/mol. The number of furan rings is 1. The highest BCUT2D eigenvalue weighted by Crippen LogP contribution is 2.26. The van der Waals surface area contributed by atoms with E-state index in [2.05, 4.69) is 34.2 Å². The molecule has 3 heterocycles. The normalized spacial score (nSPS) is 11.0. The van der Waals surface area contributed by atoms with E-state index in [0.29, 0.717) is 0 Å². The number of unbranched alkanes of at least 4 members (excludes halogenated alkanes) is 3. The molecule has 0 unspecified atom stereocenters. The Kier molecular flexibility index (Phi) is 4.91. The van der Waals surface area contributed by atoms with Gasteiger partial charge in [-0.2, -0.15) is 5.10 Å². The summed E-state index contributed by atoms with van der Waals surface area (Å²) < 4.78 is 5.71. The lowest BCUT2D eigenvalue weighted by Crippen LogP contribution is -1.85. The topological polar surface area (TPSA) is 54.7 Å². The summed E-state index contributed by atoms with van der Waals surface area (Å²) in [7, 11) is 0. The van der Waals surface area contributed by atoms with Gasteiger partial charge in [-0.3, -0.25) is 10.1 Å². The molecule has 0 bridgehead atoms. The molecule has 0 aliphatic carbocycles. The molecule has 0 radical (unpaired) electrons. The van der Waals surface area contributed by atoms with Crippen LogP contribution < -0.4 is 0 Å². The number of pyridine rings is 1. The van der Waals surface area contributed by atoms with E-state index >= 15 is 0 Å². The average molecular weight is 309 g/mol. The van der Waals surface area contributed by atoms with E-state index < -0.39 is 0 Å². The Morgan fingerprint density at radius 2 is 2.00 bits per heavy atom. The number of nitrogens with one attached hydrogen (secondary N) is 1. The van der Waals surface area contributed by atoms with Gasteiger partial charge in [-0.15, -0.1) is 0 Å². The number of aromatic amines is 1. The molecule has 3 rings (SSSR count). The summed E-state index contributed by atoms with van der Waals surface area (Å²) in [4.78, 5) is 4.42. The van der Waals surface area contributed by atoms with E-state index in [4.69, 9.17) is 4.42 Å². The van der Waals surface area contributed by atoms with Crippen LogP contribution in [0.5, 0.6) is 0 Å². The van der Waals surface area contributed by atoms with E-state index in [0.717, 1.165) is 40.4 Å². The molecule has 23 heavy (non-hydrogen) atoms. The van der Waals surface area contributed by atoms with Crippen LogP contribution in [0.15, 0.2) is 41.1 Å². The molecule has 120 valence electrons. The minimum Gasteiger partial charge on any atom is -0.469 e. The third kappa shape index (κ3) is 3.89. The standard InChI is InChI=1S/C19H23N3O/c1-3-4-5-6-7-17-11-16(13-23-17)15-8-9-20-18(12-15)19-10-14(2)21-22-19/h8-13H,3-7H2,1-2H3,(H,21,22). The summed E-state index contributed by atoms with van der Waals surface area (Å²) in [6.45, 7) is 4.19. The lowest BCUT2D eigenvalue weighted by Gasteiger charge is -2.00. The number of rotatable bonds is 7. The van der Waals surface area contributed by atoms with Crippen LogP contribution in [-0.4, -0.2) is 15.2 Å². The van der Waals surface area contributed by atoms with Crippen molar-refractivity contribution in [3.63, 3.8) is 0 Å². The summed E-state index contributed by atoms with van der Waals surface area (Å²) in [5, 5.41) is 7.17. The molecule has 0 saturated carbocycles. The summed E-state index contributed by atoms with van der Waals surface area (Å²) in [6, 6.07) is 8.22. The first kappa shape index (κ1) is 15.5. The van der Waals surface area contributed by atoms with E-state index in [1.54, 1.807) is 0 Å². The van der Waals surface area contributed by atoms with Crippen molar-refractivity contribution < 1.29 is 4.42 Å². The fraction of sp³-hybridized carbons (Fsp3) is 0.368. The monoisotopic (exact) mass is 309 g/mol. The van der Waals surface area contributed by atoms with Crippen molar-refractivity contribution in [3.05, 3.63) is 48.2 Å². The van der Waals surface area contributed by atoms with Crippen molar-refractivity contribution in [2.24, 2.45) is 0 Å². The van der Waals surface area contributed by atoms with Gasteiger partial charge in [0, 0.05) is 18.2 Å². The average Bonchev–Trinajstić information content (AvgIpc) is 3.21. The van der Waals surface area contributed by atoms with Crippen molar-refractivity contribution in [2.75, 3.05) is 0 Å². The number of aryl methyl sites for hydroxylation is 2. The molecular weight excluding hydrogens is 286 g/mol. The van der Waals surface area contributed by atoms with Crippen LogP contribution in [0.3, 0.4) is 0 Å². The fourth-order valence-corrected chi connectivity index (χ4v) is 2.70. The summed E-state index contributed by atoms with van der Waals surface area (Å²) >= 11 is 0. The molecule has 4 nitrogen and oxygen atoms in total. The molecule has 0 aliphatic heterocycles. The molecular formula is C19H23N3O. The van der Waals surface area contributed by atoms with Crippen LogP contribution in [-0.2, 0) is 6.42 Å². The van der Waals surface area contributed by atoms with Crippen LogP contribution in [0.25, 0.3) is 22.5 Å². The first-order valence-corrected chi connectivity index (χ1v) is 8.32. The smallest absolute Gasteiger partial charge is 0.104 e. The zero-order chi connectivity index (χ0) is 16.1. The van der Waals surface area contributed by atoms with Crippen LogP contribution >= 0.6 is 0 Å². The minimum absolute atomic E-state index is 0.897. The molecule has 0 aliphatic rings. The van der Waals surface area contributed by atoms with Gasteiger partial charge in [0.15, 0.2) is 0 Å². The Hall–Kier alpha value is -2.36. The molecule has 3 aromatic heterocycles. The van der Waals surface area contributed by atoms with Crippen LogP contribution in [0.2, 0.25) is 0 Å². The quantitative estimate of drug-likeness (QED) is 0.613. The Morgan fingerprint density at radius 1 is 1.09 bits per heavy atom. The third-order valence-electron chi connectivity index (χ3n) is 4.01. The summed E-state index contributed by atoms with van der Waals surface area (Å²) in [5.74, 6) is 1.06. The number of hydrogen-bond acceptors (Lipinski definition) is 3. The zero-order valence-corrected chi connectivity index (χ0v) is 13.8. The maximum atomic E-state index is 5.71. The van der Waals surface area contributed by atoms with Crippen molar-refractivity contribution in [2.45, 2.75) is 46.0 Å². The molecule has 0 aromatic carbocycles. The summed E-state index contributed by atoms with van der Waals surface area (Å²) in [5.41, 5.74) is 5.02. The molecule has 0 spiro atoms. The molecule has 4 heteroatoms. The highest BCUT2D eigenvalue weighted by molar-refractivity contribution is 5.68. The first-order valence-electron chi connectivity index (χ1n) is 8.32. The second-order valence-corrected chi connectivity index (χ2v) is 5.97. The molecule has 0 fully saturated rings. The van der Waals surface area contributed by atoms with Crippen LogP contribution in [0, 0.1) is 6.92 Å². The SMILES string of the molecule is CCCCCCc1cc(-c2ccnc(-c3cc(C)n[nH]3)c2)co1. The van der Waals surface area contributed by atoms with Gasteiger partial charge in [-0.1, -0.05) is 26.2 Å². The Balaban J connectivity index is 1.73. The maximum absolute atomic E-state index is 5.71. The largest absolute Gasteiger partial charge is 0.469 e. The molecule has 3 aromatic rings. The minimum atomic E-state index is 0.897. The van der Waals surface area contributed by atoms with Gasteiger partial charge in [-0.05, 0) is 43.2 Å². The number of H-pyrrole nitrogens is 1. The van der Waals surface area contributed by atoms with Gasteiger partial charge in [0.05, 0.1) is 23.3 Å². The predicted octanol–water partition coefficient (Wildman–Crippen LogP) is 5.16. The maximum Gasteiger partial charge on any atom is 0.104 e. The lowest BCUT2D eigenvalue weighted by atomic mass is 10.1. The van der Waals surface area contributed by atoms with Crippen molar-refractivity contribution >= 4 is 0 Å². The third-order valence-corrected chi connectivity index (χ3v) is 4.01. The van der Waals surface area contributed by atoms with Gasteiger partial charge < -0.3 is 4.42 Å².